The van der Waals surface area contributed by atoms with Crippen molar-refractivity contribution in [2.45, 2.75) is 0 Å². The van der Waals surface area contributed by atoms with Gasteiger partial charge < -0.3 is 20.1 Å². The molecular formula is C17H14Cl2N2O4S. The molecular weight excluding hydrogens is 399 g/mol. The van der Waals surface area contributed by atoms with Gasteiger partial charge in [-0.2, -0.15) is 0 Å². The zero-order chi connectivity index (χ0) is 19.3. The average Bonchev–Trinajstić information content (AvgIpc) is 2.63. The SMILES string of the molecule is COC(=O)c1ccc(C(=O)OC)c(NC(=S)Nc2cc(Cl)ccc2Cl)c1. The van der Waals surface area contributed by atoms with Crippen LogP contribution in [0.5, 0.6) is 0 Å². The van der Waals surface area contributed by atoms with Gasteiger partial charge in [0.25, 0.3) is 0 Å². The minimum Gasteiger partial charge on any atom is -0.465 e. The van der Waals surface area contributed by atoms with E-state index < -0.39 is 11.9 Å². The molecule has 136 valence electrons. The Morgan fingerprint density at radius 2 is 1.58 bits per heavy atom. The first kappa shape index (κ1) is 20.0. The van der Waals surface area contributed by atoms with Gasteiger partial charge >= 0.3 is 11.9 Å². The van der Waals surface area contributed by atoms with Gasteiger partial charge in [-0.05, 0) is 48.6 Å². The Labute approximate surface area is 165 Å². The molecule has 2 N–H and O–H groups in total. The van der Waals surface area contributed by atoms with Crippen LogP contribution in [0, 0.1) is 0 Å². The van der Waals surface area contributed by atoms with Crippen LogP contribution in [0.25, 0.3) is 0 Å². The van der Waals surface area contributed by atoms with Gasteiger partial charge in [0.15, 0.2) is 5.11 Å². The molecule has 0 radical (unpaired) electrons. The molecule has 2 rings (SSSR count). The molecule has 0 heterocycles. The highest BCUT2D eigenvalue weighted by atomic mass is 35.5. The Kier molecular flexibility index (Phi) is 6.79. The minimum absolute atomic E-state index is 0.140. The summed E-state index contributed by atoms with van der Waals surface area (Å²) in [5, 5.41) is 6.76. The summed E-state index contributed by atoms with van der Waals surface area (Å²) in [6, 6.07) is 9.19. The van der Waals surface area contributed by atoms with Crippen molar-refractivity contribution < 1.29 is 19.1 Å². The van der Waals surface area contributed by atoms with Gasteiger partial charge in [0, 0.05) is 5.02 Å². The third-order valence-corrected chi connectivity index (χ3v) is 4.04. The number of halogens is 2. The van der Waals surface area contributed by atoms with Crippen LogP contribution in [-0.4, -0.2) is 31.3 Å². The molecule has 9 heteroatoms. The van der Waals surface area contributed by atoms with Crippen molar-refractivity contribution in [3.8, 4) is 0 Å². The van der Waals surface area contributed by atoms with E-state index in [1.807, 2.05) is 0 Å². The van der Waals surface area contributed by atoms with E-state index >= 15 is 0 Å². The van der Waals surface area contributed by atoms with Crippen molar-refractivity contribution in [3.63, 3.8) is 0 Å². The highest BCUT2D eigenvalue weighted by molar-refractivity contribution is 7.80. The zero-order valence-corrected chi connectivity index (χ0v) is 16.1. The number of carbonyl (C=O) groups is 2. The van der Waals surface area contributed by atoms with Gasteiger partial charge in [0.05, 0.1) is 41.7 Å². The summed E-state index contributed by atoms with van der Waals surface area (Å²) in [6.07, 6.45) is 0. The summed E-state index contributed by atoms with van der Waals surface area (Å²) >= 11 is 17.3. The molecule has 0 aliphatic carbocycles. The predicted molar refractivity (Wildman–Crippen MR) is 105 cm³/mol. The van der Waals surface area contributed by atoms with Crippen molar-refractivity contribution >= 4 is 63.8 Å². The summed E-state index contributed by atoms with van der Waals surface area (Å²) in [5.41, 5.74) is 1.20. The second-order valence-corrected chi connectivity index (χ2v) is 6.20. The van der Waals surface area contributed by atoms with E-state index in [2.05, 4.69) is 15.4 Å². The first-order chi connectivity index (χ1) is 12.3. The Balaban J connectivity index is 2.30. The minimum atomic E-state index is -0.590. The number of thiocarbonyl (C=S) groups is 1. The van der Waals surface area contributed by atoms with E-state index in [9.17, 15) is 9.59 Å². The number of rotatable bonds is 4. The molecule has 0 fully saturated rings. The van der Waals surface area contributed by atoms with E-state index in [1.165, 1.54) is 32.4 Å². The molecule has 0 aliphatic rings. The molecule has 0 aliphatic heterocycles. The van der Waals surface area contributed by atoms with Crippen LogP contribution in [0.2, 0.25) is 10.0 Å². The number of methoxy groups -OCH3 is 2. The first-order valence-electron chi connectivity index (χ1n) is 7.19. The number of anilines is 2. The summed E-state index contributed by atoms with van der Waals surface area (Å²) in [7, 11) is 2.51. The smallest absolute Gasteiger partial charge is 0.339 e. The highest BCUT2D eigenvalue weighted by Gasteiger charge is 2.16. The largest absolute Gasteiger partial charge is 0.465 e. The van der Waals surface area contributed by atoms with Gasteiger partial charge in [0.2, 0.25) is 0 Å². The number of hydrogen-bond donors (Lipinski definition) is 2. The maximum absolute atomic E-state index is 11.9. The Morgan fingerprint density at radius 3 is 2.23 bits per heavy atom. The molecule has 0 bridgehead atoms. The number of ether oxygens (including phenoxy) is 2. The van der Waals surface area contributed by atoms with Crippen LogP contribution in [0.1, 0.15) is 20.7 Å². The van der Waals surface area contributed by atoms with E-state index in [0.717, 1.165) is 0 Å². The number of benzene rings is 2. The standard InChI is InChI=1S/C17H14Cl2N2O4S/c1-24-15(22)9-3-5-11(16(23)25-2)13(7-9)20-17(26)21-14-8-10(18)4-6-12(14)19/h3-8H,1-2H3,(H2,20,21,26). The number of nitrogens with one attached hydrogen (secondary N) is 2. The molecule has 2 aromatic rings. The predicted octanol–water partition coefficient (Wildman–Crippen LogP) is 4.38. The topological polar surface area (TPSA) is 76.7 Å². The van der Waals surface area contributed by atoms with Crippen LogP contribution >= 0.6 is 35.4 Å². The molecule has 0 saturated carbocycles. The lowest BCUT2D eigenvalue weighted by molar-refractivity contribution is 0.0587. The van der Waals surface area contributed by atoms with Crippen molar-refractivity contribution in [1.29, 1.82) is 0 Å². The van der Waals surface area contributed by atoms with E-state index in [1.54, 1.807) is 18.2 Å². The molecule has 0 amide bonds. The fraction of sp³-hybridized carbons (Fsp3) is 0.118. The molecule has 0 spiro atoms. The molecule has 2 aromatic carbocycles. The summed E-state index contributed by atoms with van der Waals surface area (Å²) in [5.74, 6) is -1.14. The first-order valence-corrected chi connectivity index (χ1v) is 8.36. The summed E-state index contributed by atoms with van der Waals surface area (Å²) in [6.45, 7) is 0. The quantitative estimate of drug-likeness (QED) is 0.569. The molecule has 26 heavy (non-hydrogen) atoms. The van der Waals surface area contributed by atoms with Crippen LogP contribution in [-0.2, 0) is 9.47 Å². The third-order valence-electron chi connectivity index (χ3n) is 3.27. The van der Waals surface area contributed by atoms with Gasteiger partial charge in [-0.1, -0.05) is 23.2 Å². The van der Waals surface area contributed by atoms with Crippen molar-refractivity contribution in [1.82, 2.24) is 0 Å². The van der Waals surface area contributed by atoms with Gasteiger partial charge in [-0.25, -0.2) is 9.59 Å². The highest BCUT2D eigenvalue weighted by Crippen LogP contribution is 2.26. The maximum Gasteiger partial charge on any atom is 0.339 e. The molecule has 0 atom stereocenters. The summed E-state index contributed by atoms with van der Waals surface area (Å²) < 4.78 is 9.42. The van der Waals surface area contributed by atoms with E-state index in [4.69, 9.17) is 40.2 Å². The lowest BCUT2D eigenvalue weighted by Crippen LogP contribution is -2.21. The number of hydrogen-bond acceptors (Lipinski definition) is 5. The maximum atomic E-state index is 11.9. The lowest BCUT2D eigenvalue weighted by Gasteiger charge is -2.15. The number of carbonyl (C=O) groups excluding carboxylic acids is 2. The van der Waals surface area contributed by atoms with Gasteiger partial charge in [0.1, 0.15) is 0 Å². The lowest BCUT2D eigenvalue weighted by atomic mass is 10.1. The Bertz CT molecular complexity index is 874. The van der Waals surface area contributed by atoms with Crippen LogP contribution in [0.3, 0.4) is 0 Å². The van der Waals surface area contributed by atoms with Crippen molar-refractivity contribution in [3.05, 3.63) is 57.6 Å². The second-order valence-electron chi connectivity index (χ2n) is 4.95. The third kappa shape index (κ3) is 4.85. The molecule has 0 unspecified atom stereocenters. The number of esters is 2. The fourth-order valence-corrected chi connectivity index (χ4v) is 2.61. The average molecular weight is 413 g/mol. The molecule has 0 saturated heterocycles. The molecule has 0 aromatic heterocycles. The van der Waals surface area contributed by atoms with Gasteiger partial charge in [-0.3, -0.25) is 0 Å². The van der Waals surface area contributed by atoms with Crippen LogP contribution in [0.15, 0.2) is 36.4 Å². The summed E-state index contributed by atoms with van der Waals surface area (Å²) in [4.78, 5) is 23.7. The monoisotopic (exact) mass is 412 g/mol. The normalized spacial score (nSPS) is 10.0. The van der Waals surface area contributed by atoms with Crippen LogP contribution < -0.4 is 10.6 Å². The molecule has 6 nitrogen and oxygen atoms in total. The van der Waals surface area contributed by atoms with Crippen molar-refractivity contribution in [2.24, 2.45) is 0 Å². The fourth-order valence-electron chi connectivity index (χ4n) is 2.05. The second kappa shape index (κ2) is 8.84. The zero-order valence-electron chi connectivity index (χ0n) is 13.8. The Hall–Kier alpha value is -2.35. The van der Waals surface area contributed by atoms with Gasteiger partial charge in [-0.15, -0.1) is 0 Å². The van der Waals surface area contributed by atoms with E-state index in [-0.39, 0.29) is 21.9 Å². The van der Waals surface area contributed by atoms with Crippen molar-refractivity contribution in [2.75, 3.05) is 24.9 Å². The Morgan fingerprint density at radius 1 is 0.923 bits per heavy atom. The van der Waals surface area contributed by atoms with E-state index in [0.29, 0.717) is 15.7 Å². The van der Waals surface area contributed by atoms with Crippen LogP contribution in [0.4, 0.5) is 11.4 Å².